The van der Waals surface area contributed by atoms with Crippen molar-refractivity contribution in [3.05, 3.63) is 46.1 Å². The summed E-state index contributed by atoms with van der Waals surface area (Å²) in [7, 11) is 1.83. The van der Waals surface area contributed by atoms with Crippen LogP contribution in [0.5, 0.6) is 0 Å². The van der Waals surface area contributed by atoms with Gasteiger partial charge in [-0.3, -0.25) is 0 Å². The van der Waals surface area contributed by atoms with Crippen LogP contribution in [0.4, 0.5) is 11.8 Å². The molecule has 19 heavy (non-hydrogen) atoms. The molecule has 0 saturated carbocycles. The zero-order valence-corrected chi connectivity index (χ0v) is 12.3. The molecule has 0 radical (unpaired) electrons. The lowest BCUT2D eigenvalue weighted by atomic mass is 10.00. The number of anilines is 2. The lowest BCUT2D eigenvalue weighted by Crippen LogP contribution is -2.31. The highest BCUT2D eigenvalue weighted by Crippen LogP contribution is 2.29. The van der Waals surface area contributed by atoms with E-state index in [2.05, 4.69) is 60.4 Å². The highest BCUT2D eigenvalue weighted by molar-refractivity contribution is 9.10. The molecular formula is C14H15BrN4. The van der Waals surface area contributed by atoms with Crippen LogP contribution < -0.4 is 10.2 Å². The number of hydrogen-bond acceptors (Lipinski definition) is 4. The summed E-state index contributed by atoms with van der Waals surface area (Å²) in [6.45, 7) is 1.88. The molecule has 0 bridgehead atoms. The fraction of sp³-hybridized carbons (Fsp3) is 0.286. The van der Waals surface area contributed by atoms with Crippen molar-refractivity contribution in [2.24, 2.45) is 0 Å². The van der Waals surface area contributed by atoms with E-state index in [-0.39, 0.29) is 0 Å². The van der Waals surface area contributed by atoms with Gasteiger partial charge in [-0.1, -0.05) is 24.3 Å². The van der Waals surface area contributed by atoms with Gasteiger partial charge in [0.2, 0.25) is 5.95 Å². The summed E-state index contributed by atoms with van der Waals surface area (Å²) in [6.07, 6.45) is 2.86. The van der Waals surface area contributed by atoms with Crippen LogP contribution in [-0.2, 0) is 13.0 Å². The Bertz CT molecular complexity index is 600. The number of hydrogen-bond donors (Lipinski definition) is 1. The summed E-state index contributed by atoms with van der Waals surface area (Å²) in [4.78, 5) is 11.0. The summed E-state index contributed by atoms with van der Waals surface area (Å²) >= 11 is 3.54. The highest BCUT2D eigenvalue weighted by atomic mass is 79.9. The van der Waals surface area contributed by atoms with Gasteiger partial charge in [-0.05, 0) is 33.5 Å². The Labute approximate surface area is 121 Å². The molecule has 1 aliphatic heterocycles. The second-order valence-corrected chi connectivity index (χ2v) is 5.41. The molecule has 1 aromatic heterocycles. The molecule has 0 unspecified atom stereocenters. The number of aromatic nitrogens is 2. The first-order valence-electron chi connectivity index (χ1n) is 6.30. The van der Waals surface area contributed by atoms with Gasteiger partial charge in [0.15, 0.2) is 0 Å². The van der Waals surface area contributed by atoms with Crippen LogP contribution in [0.15, 0.2) is 34.9 Å². The van der Waals surface area contributed by atoms with E-state index in [4.69, 9.17) is 0 Å². The van der Waals surface area contributed by atoms with Crippen LogP contribution in [0.2, 0.25) is 0 Å². The second-order valence-electron chi connectivity index (χ2n) is 4.56. The van der Waals surface area contributed by atoms with Gasteiger partial charge in [0.1, 0.15) is 5.82 Å². The normalized spacial score (nSPS) is 14.1. The first-order valence-corrected chi connectivity index (χ1v) is 7.09. The van der Waals surface area contributed by atoms with Gasteiger partial charge in [-0.15, -0.1) is 0 Å². The number of rotatable bonds is 2. The van der Waals surface area contributed by atoms with Gasteiger partial charge in [-0.2, -0.15) is 4.98 Å². The van der Waals surface area contributed by atoms with Crippen molar-refractivity contribution < 1.29 is 0 Å². The summed E-state index contributed by atoms with van der Waals surface area (Å²) < 4.78 is 0.936. The Morgan fingerprint density at radius 3 is 2.84 bits per heavy atom. The third-order valence-corrected chi connectivity index (χ3v) is 3.94. The smallest absolute Gasteiger partial charge is 0.224 e. The van der Waals surface area contributed by atoms with E-state index < -0.39 is 0 Å². The quantitative estimate of drug-likeness (QED) is 0.924. The van der Waals surface area contributed by atoms with Crippen molar-refractivity contribution in [3.8, 4) is 0 Å². The average molecular weight is 319 g/mol. The van der Waals surface area contributed by atoms with E-state index in [1.165, 1.54) is 11.1 Å². The number of nitrogens with zero attached hydrogens (tertiary/aromatic N) is 3. The van der Waals surface area contributed by atoms with Crippen molar-refractivity contribution in [1.82, 2.24) is 9.97 Å². The van der Waals surface area contributed by atoms with Crippen LogP contribution >= 0.6 is 15.9 Å². The molecule has 0 spiro atoms. The average Bonchev–Trinajstić information content (AvgIpc) is 2.47. The van der Waals surface area contributed by atoms with Crippen molar-refractivity contribution >= 4 is 27.7 Å². The number of fused-ring (bicyclic) bond motifs is 1. The van der Waals surface area contributed by atoms with E-state index in [0.717, 1.165) is 29.8 Å². The molecule has 0 atom stereocenters. The van der Waals surface area contributed by atoms with Gasteiger partial charge >= 0.3 is 0 Å². The van der Waals surface area contributed by atoms with Crippen molar-refractivity contribution in [2.75, 3.05) is 23.8 Å². The number of halogens is 1. The predicted molar refractivity (Wildman–Crippen MR) is 80.5 cm³/mol. The predicted octanol–water partition coefficient (Wildman–Crippen LogP) is 2.84. The first kappa shape index (κ1) is 12.4. The Kier molecular flexibility index (Phi) is 3.38. The maximum absolute atomic E-state index is 4.54. The third-order valence-electron chi connectivity index (χ3n) is 3.38. The largest absolute Gasteiger partial charge is 0.357 e. The fourth-order valence-corrected chi connectivity index (χ4v) is 2.82. The van der Waals surface area contributed by atoms with Crippen molar-refractivity contribution in [2.45, 2.75) is 13.0 Å². The second kappa shape index (κ2) is 5.17. The zero-order chi connectivity index (χ0) is 13.2. The van der Waals surface area contributed by atoms with Gasteiger partial charge < -0.3 is 10.2 Å². The van der Waals surface area contributed by atoms with Gasteiger partial charge in [0.05, 0.1) is 4.47 Å². The third kappa shape index (κ3) is 2.42. The minimum Gasteiger partial charge on any atom is -0.357 e. The Morgan fingerprint density at radius 1 is 1.26 bits per heavy atom. The molecule has 4 nitrogen and oxygen atoms in total. The van der Waals surface area contributed by atoms with Gasteiger partial charge in [-0.25, -0.2) is 4.98 Å². The van der Waals surface area contributed by atoms with Crippen LogP contribution in [0.1, 0.15) is 11.1 Å². The van der Waals surface area contributed by atoms with Gasteiger partial charge in [0, 0.05) is 26.3 Å². The monoisotopic (exact) mass is 318 g/mol. The van der Waals surface area contributed by atoms with E-state index >= 15 is 0 Å². The molecule has 5 heteroatoms. The first-order chi connectivity index (χ1) is 9.28. The SMILES string of the molecule is CNc1ncc(Br)c(N2CCc3ccccc3C2)n1. The molecule has 2 aromatic rings. The van der Waals surface area contributed by atoms with E-state index in [1.54, 1.807) is 6.20 Å². The standard InChI is InChI=1S/C14H15BrN4/c1-16-14-17-8-12(15)13(18-14)19-7-6-10-4-2-3-5-11(10)9-19/h2-5,8H,6-7,9H2,1H3,(H,16,17,18). The molecule has 0 amide bonds. The molecular weight excluding hydrogens is 304 g/mol. The minimum absolute atomic E-state index is 0.650. The summed E-state index contributed by atoms with van der Waals surface area (Å²) in [5.41, 5.74) is 2.82. The summed E-state index contributed by atoms with van der Waals surface area (Å²) in [5, 5.41) is 2.98. The Balaban J connectivity index is 1.92. The molecule has 98 valence electrons. The highest BCUT2D eigenvalue weighted by Gasteiger charge is 2.19. The van der Waals surface area contributed by atoms with E-state index in [9.17, 15) is 0 Å². The molecule has 0 saturated heterocycles. The summed E-state index contributed by atoms with van der Waals surface area (Å²) in [6, 6.07) is 8.60. The van der Waals surface area contributed by atoms with Crippen LogP contribution in [-0.4, -0.2) is 23.6 Å². The molecule has 0 fully saturated rings. The molecule has 0 aliphatic carbocycles. The fourth-order valence-electron chi connectivity index (χ4n) is 2.38. The molecule has 1 aromatic carbocycles. The van der Waals surface area contributed by atoms with Gasteiger partial charge in [0.25, 0.3) is 0 Å². The van der Waals surface area contributed by atoms with E-state index in [1.807, 2.05) is 7.05 Å². The van der Waals surface area contributed by atoms with E-state index in [0.29, 0.717) is 5.95 Å². The van der Waals surface area contributed by atoms with Crippen LogP contribution in [0, 0.1) is 0 Å². The summed E-state index contributed by atoms with van der Waals surface area (Å²) in [5.74, 6) is 1.60. The van der Waals surface area contributed by atoms with Crippen LogP contribution in [0.25, 0.3) is 0 Å². The molecule has 3 rings (SSSR count). The number of benzene rings is 1. The van der Waals surface area contributed by atoms with Crippen molar-refractivity contribution in [3.63, 3.8) is 0 Å². The van der Waals surface area contributed by atoms with Crippen LogP contribution in [0.3, 0.4) is 0 Å². The Hall–Kier alpha value is -1.62. The molecule has 2 heterocycles. The molecule has 1 aliphatic rings. The molecule has 1 N–H and O–H groups in total. The minimum atomic E-state index is 0.650. The zero-order valence-electron chi connectivity index (χ0n) is 10.7. The number of nitrogens with one attached hydrogen (secondary N) is 1. The maximum Gasteiger partial charge on any atom is 0.224 e. The Morgan fingerprint density at radius 2 is 2.05 bits per heavy atom. The van der Waals surface area contributed by atoms with Crippen molar-refractivity contribution in [1.29, 1.82) is 0 Å². The lowest BCUT2D eigenvalue weighted by Gasteiger charge is -2.30. The lowest BCUT2D eigenvalue weighted by molar-refractivity contribution is 0.718. The topological polar surface area (TPSA) is 41.1 Å². The maximum atomic E-state index is 4.54.